The van der Waals surface area contributed by atoms with Crippen molar-refractivity contribution in [3.63, 3.8) is 0 Å². The first-order valence-electron chi connectivity index (χ1n) is 8.69. The molecule has 0 heterocycles. The molecule has 3 nitrogen and oxygen atoms in total. The van der Waals surface area contributed by atoms with Crippen molar-refractivity contribution in [3.05, 3.63) is 100 Å². The Morgan fingerprint density at radius 3 is 2.26 bits per heavy atom. The van der Waals surface area contributed by atoms with Crippen molar-refractivity contribution in [2.24, 2.45) is 0 Å². The molecule has 27 heavy (non-hydrogen) atoms. The molecule has 1 amide bonds. The van der Waals surface area contributed by atoms with Crippen LogP contribution in [0.2, 0.25) is 10.0 Å². The molecule has 5 heteroatoms. The van der Waals surface area contributed by atoms with Crippen LogP contribution in [0.5, 0.6) is 0 Å². The van der Waals surface area contributed by atoms with E-state index in [1.807, 2.05) is 36.4 Å². The zero-order valence-corrected chi connectivity index (χ0v) is 16.2. The summed E-state index contributed by atoms with van der Waals surface area (Å²) >= 11 is 12.1. The van der Waals surface area contributed by atoms with E-state index in [-0.39, 0.29) is 18.5 Å². The molecule has 0 bridgehead atoms. The maximum absolute atomic E-state index is 12.4. The third kappa shape index (κ3) is 5.83. The number of rotatable bonds is 7. The van der Waals surface area contributed by atoms with Crippen LogP contribution in [0.15, 0.2) is 78.9 Å². The number of halogens is 2. The highest BCUT2D eigenvalue weighted by molar-refractivity contribution is 6.35. The van der Waals surface area contributed by atoms with E-state index >= 15 is 0 Å². The summed E-state index contributed by atoms with van der Waals surface area (Å²) < 4.78 is 0. The third-order valence-corrected chi connectivity index (χ3v) is 4.76. The lowest BCUT2D eigenvalue weighted by Gasteiger charge is -2.19. The molecule has 2 N–H and O–H groups in total. The second-order valence-electron chi connectivity index (χ2n) is 6.21. The molecular formula is C22H20Cl2N2O. The van der Waals surface area contributed by atoms with Crippen LogP contribution in [0.4, 0.5) is 5.69 Å². The van der Waals surface area contributed by atoms with Gasteiger partial charge in [0.2, 0.25) is 5.91 Å². The topological polar surface area (TPSA) is 41.1 Å². The lowest BCUT2D eigenvalue weighted by Crippen LogP contribution is -2.32. The predicted octanol–water partition coefficient (Wildman–Crippen LogP) is 5.51. The highest BCUT2D eigenvalue weighted by Gasteiger charge is 2.14. The number of carbonyl (C=O) groups is 1. The normalized spacial score (nSPS) is 11.8. The minimum atomic E-state index is -0.173. The van der Waals surface area contributed by atoms with Crippen molar-refractivity contribution < 1.29 is 4.79 Å². The van der Waals surface area contributed by atoms with Gasteiger partial charge >= 0.3 is 0 Å². The summed E-state index contributed by atoms with van der Waals surface area (Å²) in [5, 5.41) is 7.13. The number of hydrogen-bond acceptors (Lipinski definition) is 2. The quantitative estimate of drug-likeness (QED) is 0.551. The van der Waals surface area contributed by atoms with Gasteiger partial charge in [0.15, 0.2) is 0 Å². The molecule has 0 aromatic heterocycles. The summed E-state index contributed by atoms with van der Waals surface area (Å²) in [4.78, 5) is 12.4. The Kier molecular flexibility index (Phi) is 6.88. The van der Waals surface area contributed by atoms with E-state index in [2.05, 4.69) is 34.9 Å². The molecule has 0 aliphatic heterocycles. The summed E-state index contributed by atoms with van der Waals surface area (Å²) in [5.74, 6) is -0.173. The van der Waals surface area contributed by atoms with Gasteiger partial charge < -0.3 is 10.6 Å². The van der Waals surface area contributed by atoms with Gasteiger partial charge in [-0.3, -0.25) is 4.79 Å². The Morgan fingerprint density at radius 1 is 0.889 bits per heavy atom. The molecule has 138 valence electrons. The average molecular weight is 399 g/mol. The van der Waals surface area contributed by atoms with Crippen molar-refractivity contribution in [2.75, 3.05) is 11.9 Å². The second kappa shape index (κ2) is 9.56. The molecular weight excluding hydrogens is 379 g/mol. The minimum Gasteiger partial charge on any atom is -0.324 e. The smallest absolute Gasteiger partial charge is 0.238 e. The zero-order chi connectivity index (χ0) is 19.1. The highest BCUT2D eigenvalue weighted by atomic mass is 35.5. The fraction of sp³-hybridized carbons (Fsp3) is 0.136. The first-order valence-corrected chi connectivity index (χ1v) is 9.44. The molecule has 1 atom stereocenters. The van der Waals surface area contributed by atoms with E-state index in [0.717, 1.165) is 12.0 Å². The van der Waals surface area contributed by atoms with Crippen LogP contribution >= 0.6 is 23.2 Å². The van der Waals surface area contributed by atoms with E-state index in [1.165, 1.54) is 5.56 Å². The molecule has 0 fully saturated rings. The average Bonchev–Trinajstić information content (AvgIpc) is 2.69. The Morgan fingerprint density at radius 2 is 1.56 bits per heavy atom. The van der Waals surface area contributed by atoms with Crippen molar-refractivity contribution in [2.45, 2.75) is 12.5 Å². The summed E-state index contributed by atoms with van der Waals surface area (Å²) in [5.41, 5.74) is 2.85. The summed E-state index contributed by atoms with van der Waals surface area (Å²) in [6.07, 6.45) is 0.788. The van der Waals surface area contributed by atoms with Crippen molar-refractivity contribution in [1.82, 2.24) is 5.32 Å². The van der Waals surface area contributed by atoms with Crippen LogP contribution in [0, 0.1) is 0 Å². The fourth-order valence-corrected chi connectivity index (χ4v) is 3.18. The molecule has 0 saturated carbocycles. The Bertz CT molecular complexity index is 885. The van der Waals surface area contributed by atoms with Crippen LogP contribution < -0.4 is 10.6 Å². The van der Waals surface area contributed by atoms with Gasteiger partial charge in [0.05, 0.1) is 17.3 Å². The Labute approximate surface area is 169 Å². The molecule has 3 aromatic rings. The molecule has 1 unspecified atom stereocenters. The summed E-state index contributed by atoms with van der Waals surface area (Å²) in [6.45, 7) is 0.162. The lowest BCUT2D eigenvalue weighted by molar-refractivity contribution is -0.115. The van der Waals surface area contributed by atoms with Gasteiger partial charge in [0.1, 0.15) is 0 Å². The van der Waals surface area contributed by atoms with Crippen molar-refractivity contribution in [1.29, 1.82) is 0 Å². The predicted molar refractivity (Wildman–Crippen MR) is 112 cm³/mol. The molecule has 0 spiro atoms. The second-order valence-corrected chi connectivity index (χ2v) is 7.05. The van der Waals surface area contributed by atoms with Gasteiger partial charge in [-0.05, 0) is 35.7 Å². The van der Waals surface area contributed by atoms with Crippen LogP contribution in [0.1, 0.15) is 17.2 Å². The standard InChI is InChI=1S/C22H20Cl2N2O/c23-18-11-12-19(24)21(14-18)26-22(27)15-25-20(17-9-5-2-6-10-17)13-16-7-3-1-4-8-16/h1-12,14,20,25H,13,15H2,(H,26,27). The van der Waals surface area contributed by atoms with E-state index in [0.29, 0.717) is 15.7 Å². The van der Waals surface area contributed by atoms with Gasteiger partial charge in [-0.15, -0.1) is 0 Å². The monoisotopic (exact) mass is 398 g/mol. The highest BCUT2D eigenvalue weighted by Crippen LogP contribution is 2.25. The fourth-order valence-electron chi connectivity index (χ4n) is 2.85. The van der Waals surface area contributed by atoms with Gasteiger partial charge in [-0.2, -0.15) is 0 Å². The first-order chi connectivity index (χ1) is 13.1. The molecule has 0 aliphatic carbocycles. The van der Waals surface area contributed by atoms with Gasteiger partial charge in [-0.1, -0.05) is 83.9 Å². The summed E-state index contributed by atoms with van der Waals surface area (Å²) in [6, 6.07) is 25.3. The molecule has 0 aliphatic rings. The van der Waals surface area contributed by atoms with E-state index in [1.54, 1.807) is 18.2 Å². The van der Waals surface area contributed by atoms with Crippen LogP contribution in [-0.2, 0) is 11.2 Å². The Hall–Kier alpha value is -2.33. The van der Waals surface area contributed by atoms with E-state index in [4.69, 9.17) is 23.2 Å². The number of benzene rings is 3. The number of nitrogens with one attached hydrogen (secondary N) is 2. The van der Waals surface area contributed by atoms with Crippen molar-refractivity contribution >= 4 is 34.8 Å². The van der Waals surface area contributed by atoms with Crippen molar-refractivity contribution in [3.8, 4) is 0 Å². The number of carbonyl (C=O) groups excluding carboxylic acids is 1. The molecule has 0 saturated heterocycles. The maximum atomic E-state index is 12.4. The van der Waals surface area contributed by atoms with Crippen LogP contribution in [-0.4, -0.2) is 12.5 Å². The first kappa shape index (κ1) is 19.4. The third-order valence-electron chi connectivity index (χ3n) is 4.20. The lowest BCUT2D eigenvalue weighted by atomic mass is 9.99. The summed E-state index contributed by atoms with van der Waals surface area (Å²) in [7, 11) is 0. The minimum absolute atomic E-state index is 0.0224. The number of hydrogen-bond donors (Lipinski definition) is 2. The number of anilines is 1. The van der Waals surface area contributed by atoms with E-state index < -0.39 is 0 Å². The van der Waals surface area contributed by atoms with E-state index in [9.17, 15) is 4.79 Å². The van der Waals surface area contributed by atoms with Crippen LogP contribution in [0.3, 0.4) is 0 Å². The number of amides is 1. The largest absolute Gasteiger partial charge is 0.324 e. The van der Waals surface area contributed by atoms with Crippen LogP contribution in [0.25, 0.3) is 0 Å². The SMILES string of the molecule is O=C(CNC(Cc1ccccc1)c1ccccc1)Nc1cc(Cl)ccc1Cl. The maximum Gasteiger partial charge on any atom is 0.238 e. The van der Waals surface area contributed by atoms with Gasteiger partial charge in [-0.25, -0.2) is 0 Å². The van der Waals surface area contributed by atoms with Gasteiger partial charge in [0, 0.05) is 11.1 Å². The van der Waals surface area contributed by atoms with Gasteiger partial charge in [0.25, 0.3) is 0 Å². The molecule has 3 aromatic carbocycles. The Balaban J connectivity index is 1.67. The zero-order valence-electron chi connectivity index (χ0n) is 14.7. The molecule has 0 radical (unpaired) electrons. The molecule has 3 rings (SSSR count).